The topological polar surface area (TPSA) is 86.7 Å². The lowest BCUT2D eigenvalue weighted by Crippen LogP contribution is -2.48. The lowest BCUT2D eigenvalue weighted by molar-refractivity contribution is -0.114. The fourth-order valence-corrected chi connectivity index (χ4v) is 5.99. The molecule has 0 bridgehead atoms. The largest absolute Gasteiger partial charge is 0.393 e. The van der Waals surface area contributed by atoms with E-state index in [9.17, 15) is 18.3 Å². The summed E-state index contributed by atoms with van der Waals surface area (Å²) in [5.74, 6) is 0.147. The molecule has 144 valence electrons. The second-order valence-corrected chi connectivity index (χ2v) is 9.40. The van der Waals surface area contributed by atoms with Crippen molar-refractivity contribution in [1.29, 1.82) is 0 Å². The number of rotatable bonds is 4. The van der Waals surface area contributed by atoms with Crippen LogP contribution in [0.5, 0.6) is 0 Å². The van der Waals surface area contributed by atoms with Gasteiger partial charge in [0.15, 0.2) is 0 Å². The van der Waals surface area contributed by atoms with Crippen LogP contribution in [0.25, 0.3) is 10.8 Å². The molecule has 0 unspecified atom stereocenters. The van der Waals surface area contributed by atoms with Crippen molar-refractivity contribution in [3.8, 4) is 0 Å². The van der Waals surface area contributed by atoms with Crippen LogP contribution in [0, 0.1) is 5.92 Å². The zero-order chi connectivity index (χ0) is 19.2. The lowest BCUT2D eigenvalue weighted by Gasteiger charge is -2.37. The summed E-state index contributed by atoms with van der Waals surface area (Å²) in [4.78, 5) is 11.7. The van der Waals surface area contributed by atoms with Gasteiger partial charge in [0.25, 0.3) is 0 Å². The van der Waals surface area contributed by atoms with Gasteiger partial charge in [0.1, 0.15) is 0 Å². The Morgan fingerprint density at radius 2 is 1.81 bits per heavy atom. The van der Waals surface area contributed by atoms with Gasteiger partial charge in [0, 0.05) is 36.0 Å². The van der Waals surface area contributed by atoms with E-state index in [4.69, 9.17) is 0 Å². The van der Waals surface area contributed by atoms with Gasteiger partial charge >= 0.3 is 0 Å². The third kappa shape index (κ3) is 3.47. The molecule has 1 saturated heterocycles. The van der Waals surface area contributed by atoms with Gasteiger partial charge in [0.2, 0.25) is 15.9 Å². The summed E-state index contributed by atoms with van der Waals surface area (Å²) in [7, 11) is -3.70. The Kier molecular flexibility index (Phi) is 4.70. The summed E-state index contributed by atoms with van der Waals surface area (Å²) in [5, 5.41) is 14.1. The molecule has 1 aliphatic heterocycles. The molecule has 2 N–H and O–H groups in total. The standard InChI is InChI=1S/C20H24N2O4S/c1-13(23)21-18-8-9-20(17-5-3-2-4-16(17)18)27(25,26)22-11-10-15(24)12-19(22)14-6-7-14/h2-5,8-9,14-15,19,24H,6-7,10-12H2,1H3,(H,21,23)/t15-,19+/m0/s1. The van der Waals surface area contributed by atoms with Crippen LogP contribution in [0.15, 0.2) is 41.3 Å². The average molecular weight is 388 g/mol. The number of aliphatic hydroxyl groups excluding tert-OH is 1. The number of benzene rings is 2. The average Bonchev–Trinajstić information content (AvgIpc) is 3.46. The van der Waals surface area contributed by atoms with Crippen molar-refractivity contribution < 1.29 is 18.3 Å². The van der Waals surface area contributed by atoms with Crippen LogP contribution in [0.3, 0.4) is 0 Å². The number of sulfonamides is 1. The first kappa shape index (κ1) is 18.4. The van der Waals surface area contributed by atoms with E-state index in [1.54, 1.807) is 28.6 Å². The molecule has 2 aliphatic rings. The van der Waals surface area contributed by atoms with Crippen LogP contribution in [0.4, 0.5) is 5.69 Å². The second kappa shape index (κ2) is 6.89. The van der Waals surface area contributed by atoms with Crippen LogP contribution in [0.1, 0.15) is 32.6 Å². The highest BCUT2D eigenvalue weighted by atomic mass is 32.2. The van der Waals surface area contributed by atoms with Crippen molar-refractivity contribution >= 4 is 32.4 Å². The molecule has 2 aromatic carbocycles. The monoisotopic (exact) mass is 388 g/mol. The highest BCUT2D eigenvalue weighted by Crippen LogP contribution is 2.42. The maximum absolute atomic E-state index is 13.5. The number of amides is 1. The molecule has 0 aromatic heterocycles. The Morgan fingerprint density at radius 3 is 2.48 bits per heavy atom. The molecule has 2 fully saturated rings. The van der Waals surface area contributed by atoms with Crippen molar-refractivity contribution in [1.82, 2.24) is 4.31 Å². The molecule has 0 spiro atoms. The Hall–Kier alpha value is -1.96. The minimum atomic E-state index is -3.70. The lowest BCUT2D eigenvalue weighted by atomic mass is 9.98. The van der Waals surface area contributed by atoms with Gasteiger partial charge in [-0.05, 0) is 43.7 Å². The van der Waals surface area contributed by atoms with Gasteiger partial charge in [0.05, 0.1) is 11.0 Å². The summed E-state index contributed by atoms with van der Waals surface area (Å²) in [5.41, 5.74) is 0.602. The molecule has 1 amide bonds. The predicted molar refractivity (Wildman–Crippen MR) is 104 cm³/mol. The Morgan fingerprint density at radius 1 is 1.11 bits per heavy atom. The predicted octanol–water partition coefficient (Wildman–Crippen LogP) is 2.72. The number of hydrogen-bond acceptors (Lipinski definition) is 4. The van der Waals surface area contributed by atoms with Crippen molar-refractivity contribution in [3.63, 3.8) is 0 Å². The number of nitrogens with zero attached hydrogens (tertiary/aromatic N) is 1. The molecule has 6 nitrogen and oxygen atoms in total. The molecular weight excluding hydrogens is 364 g/mol. The molecule has 0 radical (unpaired) electrons. The van der Waals surface area contributed by atoms with Crippen LogP contribution < -0.4 is 5.32 Å². The molecule has 4 rings (SSSR count). The normalized spacial score (nSPS) is 24.1. The molecule has 1 aliphatic carbocycles. The number of hydrogen-bond donors (Lipinski definition) is 2. The quantitative estimate of drug-likeness (QED) is 0.843. The van der Waals surface area contributed by atoms with Gasteiger partial charge < -0.3 is 10.4 Å². The van der Waals surface area contributed by atoms with Gasteiger partial charge in [-0.1, -0.05) is 24.3 Å². The number of anilines is 1. The highest BCUT2D eigenvalue weighted by molar-refractivity contribution is 7.89. The fraction of sp³-hybridized carbons (Fsp3) is 0.450. The van der Waals surface area contributed by atoms with Gasteiger partial charge in [-0.3, -0.25) is 4.79 Å². The first-order chi connectivity index (χ1) is 12.9. The maximum atomic E-state index is 13.5. The van der Waals surface area contributed by atoms with Gasteiger partial charge in [-0.15, -0.1) is 0 Å². The Balaban J connectivity index is 1.80. The van der Waals surface area contributed by atoms with Crippen LogP contribution >= 0.6 is 0 Å². The molecule has 2 aromatic rings. The zero-order valence-electron chi connectivity index (χ0n) is 15.3. The van der Waals surface area contributed by atoms with Crippen molar-refractivity contribution in [2.45, 2.75) is 49.6 Å². The van der Waals surface area contributed by atoms with Crippen LogP contribution in [0.2, 0.25) is 0 Å². The van der Waals surface area contributed by atoms with E-state index in [0.717, 1.165) is 12.8 Å². The SMILES string of the molecule is CC(=O)Nc1ccc(S(=O)(=O)N2CC[C@H](O)C[C@@H]2C2CC2)c2ccccc12. The molecule has 7 heteroatoms. The fourth-order valence-electron chi connectivity index (χ4n) is 4.08. The number of carbonyl (C=O) groups is 1. The highest BCUT2D eigenvalue weighted by Gasteiger charge is 2.44. The smallest absolute Gasteiger partial charge is 0.243 e. The van der Waals surface area contributed by atoms with E-state index in [1.807, 2.05) is 12.1 Å². The Bertz CT molecular complexity index is 985. The van der Waals surface area contributed by atoms with E-state index in [-0.39, 0.29) is 16.8 Å². The molecular formula is C20H24N2O4S. The number of fused-ring (bicyclic) bond motifs is 1. The zero-order valence-corrected chi connectivity index (χ0v) is 16.1. The summed E-state index contributed by atoms with van der Waals surface area (Å²) < 4.78 is 28.7. The minimum absolute atomic E-state index is 0.132. The van der Waals surface area contributed by atoms with Crippen LogP contribution in [-0.2, 0) is 14.8 Å². The Labute approximate surface area is 159 Å². The summed E-state index contributed by atoms with van der Waals surface area (Å²) in [6.45, 7) is 1.77. The van der Waals surface area contributed by atoms with E-state index < -0.39 is 16.1 Å². The van der Waals surface area contributed by atoms with E-state index in [1.165, 1.54) is 6.92 Å². The van der Waals surface area contributed by atoms with Crippen molar-refractivity contribution in [2.75, 3.05) is 11.9 Å². The molecule has 27 heavy (non-hydrogen) atoms. The summed E-state index contributed by atoms with van der Waals surface area (Å²) >= 11 is 0. The van der Waals surface area contributed by atoms with E-state index >= 15 is 0 Å². The molecule has 1 saturated carbocycles. The third-order valence-corrected chi connectivity index (χ3v) is 7.50. The van der Waals surface area contributed by atoms with Crippen molar-refractivity contribution in [2.24, 2.45) is 5.92 Å². The first-order valence-corrected chi connectivity index (χ1v) is 10.8. The number of piperidine rings is 1. The first-order valence-electron chi connectivity index (χ1n) is 9.37. The molecule has 2 atom stereocenters. The van der Waals surface area contributed by atoms with E-state index in [0.29, 0.717) is 41.8 Å². The van der Waals surface area contributed by atoms with Gasteiger partial charge in [-0.2, -0.15) is 4.31 Å². The number of aliphatic hydroxyl groups is 1. The molecule has 1 heterocycles. The van der Waals surface area contributed by atoms with Gasteiger partial charge in [-0.25, -0.2) is 8.42 Å². The second-order valence-electron chi connectivity index (χ2n) is 7.54. The maximum Gasteiger partial charge on any atom is 0.243 e. The number of carbonyl (C=O) groups excluding carboxylic acids is 1. The van der Waals surface area contributed by atoms with E-state index in [2.05, 4.69) is 5.32 Å². The summed E-state index contributed by atoms with van der Waals surface area (Å²) in [6, 6.07) is 10.3. The summed E-state index contributed by atoms with van der Waals surface area (Å²) in [6.07, 6.45) is 2.58. The third-order valence-electron chi connectivity index (χ3n) is 5.51. The van der Waals surface area contributed by atoms with Crippen molar-refractivity contribution in [3.05, 3.63) is 36.4 Å². The minimum Gasteiger partial charge on any atom is -0.393 e. The van der Waals surface area contributed by atoms with Crippen LogP contribution in [-0.4, -0.2) is 42.4 Å². The number of nitrogens with one attached hydrogen (secondary N) is 1.